The summed E-state index contributed by atoms with van der Waals surface area (Å²) in [7, 11) is 0. The molecule has 0 amide bonds. The zero-order chi connectivity index (χ0) is 11.8. The average molecular weight is 251 g/mol. The van der Waals surface area contributed by atoms with Crippen LogP contribution in [-0.4, -0.2) is 6.61 Å². The fraction of sp³-hybridized carbons (Fsp3) is 0.600. The van der Waals surface area contributed by atoms with Gasteiger partial charge in [-0.3, -0.25) is 0 Å². The van der Waals surface area contributed by atoms with Gasteiger partial charge in [-0.05, 0) is 67.2 Å². The Hall–Kier alpha value is -0.690. The highest BCUT2D eigenvalue weighted by Crippen LogP contribution is 2.60. The largest absolute Gasteiger partial charge is 0.494 e. The lowest BCUT2D eigenvalue weighted by Crippen LogP contribution is -2.03. The Bertz CT molecular complexity index is 374. The minimum absolute atomic E-state index is 0.767. The maximum atomic E-state index is 5.83. The van der Waals surface area contributed by atoms with Crippen LogP contribution in [0.15, 0.2) is 24.3 Å². The summed E-state index contributed by atoms with van der Waals surface area (Å²) in [6.07, 6.45) is 4.14. The van der Waals surface area contributed by atoms with Crippen molar-refractivity contribution >= 4 is 11.6 Å². The second-order valence-electron chi connectivity index (χ2n) is 5.66. The standard InChI is InChI=1S/C15H19ClO/c1-10-8-14-13(15(14)9-10)6-7-17-12-4-2-11(16)3-5-12/h2-5,10,13-15H,6-9H2,1H3. The second-order valence-corrected chi connectivity index (χ2v) is 6.10. The highest BCUT2D eigenvalue weighted by Gasteiger charge is 2.53. The average Bonchev–Trinajstić information content (AvgIpc) is 2.78. The Morgan fingerprint density at radius 3 is 2.47 bits per heavy atom. The molecular weight excluding hydrogens is 232 g/mol. The van der Waals surface area contributed by atoms with Crippen LogP contribution in [0.1, 0.15) is 26.2 Å². The molecule has 17 heavy (non-hydrogen) atoms. The van der Waals surface area contributed by atoms with Gasteiger partial charge < -0.3 is 4.74 Å². The molecule has 1 aromatic carbocycles. The summed E-state index contributed by atoms with van der Waals surface area (Å²) < 4.78 is 5.75. The van der Waals surface area contributed by atoms with Crippen LogP contribution in [0.4, 0.5) is 0 Å². The Balaban J connectivity index is 1.41. The third kappa shape index (κ3) is 2.44. The van der Waals surface area contributed by atoms with E-state index in [-0.39, 0.29) is 0 Å². The van der Waals surface area contributed by atoms with Crippen molar-refractivity contribution in [2.24, 2.45) is 23.7 Å². The molecule has 0 aromatic heterocycles. The summed E-state index contributed by atoms with van der Waals surface area (Å²) in [6, 6.07) is 7.64. The van der Waals surface area contributed by atoms with Crippen LogP contribution < -0.4 is 4.74 Å². The number of ether oxygens (including phenoxy) is 1. The monoisotopic (exact) mass is 250 g/mol. The minimum Gasteiger partial charge on any atom is -0.494 e. The summed E-state index contributed by atoms with van der Waals surface area (Å²) in [5.74, 6) is 4.92. The van der Waals surface area contributed by atoms with Crippen molar-refractivity contribution in [1.29, 1.82) is 0 Å². The molecule has 2 fully saturated rings. The topological polar surface area (TPSA) is 9.23 Å². The lowest BCUT2D eigenvalue weighted by atomic mass is 10.0. The van der Waals surface area contributed by atoms with E-state index in [9.17, 15) is 0 Å². The van der Waals surface area contributed by atoms with Crippen molar-refractivity contribution in [3.8, 4) is 5.75 Å². The Morgan fingerprint density at radius 1 is 1.18 bits per heavy atom. The van der Waals surface area contributed by atoms with Crippen LogP contribution in [-0.2, 0) is 0 Å². The van der Waals surface area contributed by atoms with Crippen LogP contribution in [0.5, 0.6) is 5.75 Å². The van der Waals surface area contributed by atoms with Crippen molar-refractivity contribution < 1.29 is 4.74 Å². The van der Waals surface area contributed by atoms with Crippen LogP contribution in [0, 0.1) is 23.7 Å². The molecule has 0 radical (unpaired) electrons. The zero-order valence-electron chi connectivity index (χ0n) is 10.2. The molecule has 1 nitrogen and oxygen atoms in total. The van der Waals surface area contributed by atoms with Gasteiger partial charge in [0.05, 0.1) is 6.61 Å². The van der Waals surface area contributed by atoms with E-state index in [0.29, 0.717) is 0 Å². The van der Waals surface area contributed by atoms with Crippen molar-refractivity contribution in [2.75, 3.05) is 6.61 Å². The molecule has 0 heterocycles. The van der Waals surface area contributed by atoms with Gasteiger partial charge in [0.25, 0.3) is 0 Å². The van der Waals surface area contributed by atoms with Crippen LogP contribution in [0.3, 0.4) is 0 Å². The first-order valence-corrected chi connectivity index (χ1v) is 7.00. The van der Waals surface area contributed by atoms with Crippen molar-refractivity contribution in [3.63, 3.8) is 0 Å². The molecule has 92 valence electrons. The maximum absolute atomic E-state index is 5.83. The van der Waals surface area contributed by atoms with Crippen molar-refractivity contribution in [2.45, 2.75) is 26.2 Å². The molecule has 1 aromatic rings. The quantitative estimate of drug-likeness (QED) is 0.770. The first-order valence-electron chi connectivity index (χ1n) is 6.62. The molecule has 2 atom stereocenters. The number of fused-ring (bicyclic) bond motifs is 1. The molecule has 0 aliphatic heterocycles. The zero-order valence-corrected chi connectivity index (χ0v) is 11.0. The van der Waals surface area contributed by atoms with Gasteiger partial charge >= 0.3 is 0 Å². The molecule has 2 unspecified atom stereocenters. The lowest BCUT2D eigenvalue weighted by Gasteiger charge is -2.09. The molecule has 0 saturated heterocycles. The Labute approximate surface area is 108 Å². The van der Waals surface area contributed by atoms with E-state index >= 15 is 0 Å². The highest BCUT2D eigenvalue weighted by atomic mass is 35.5. The summed E-state index contributed by atoms with van der Waals surface area (Å²) in [5, 5.41) is 0.767. The number of halogens is 1. The van der Waals surface area contributed by atoms with Crippen LogP contribution in [0.25, 0.3) is 0 Å². The number of hydrogen-bond acceptors (Lipinski definition) is 1. The van der Waals surface area contributed by atoms with Gasteiger partial charge in [-0.25, -0.2) is 0 Å². The summed E-state index contributed by atoms with van der Waals surface area (Å²) in [4.78, 5) is 0. The predicted molar refractivity (Wildman–Crippen MR) is 70.4 cm³/mol. The number of hydrogen-bond donors (Lipinski definition) is 0. The third-order valence-electron chi connectivity index (χ3n) is 4.39. The van der Waals surface area contributed by atoms with Gasteiger partial charge in [-0.15, -0.1) is 0 Å². The predicted octanol–water partition coefficient (Wildman–Crippen LogP) is 4.40. The van der Waals surface area contributed by atoms with E-state index in [4.69, 9.17) is 16.3 Å². The van der Waals surface area contributed by atoms with Gasteiger partial charge in [0.15, 0.2) is 0 Å². The number of benzene rings is 1. The fourth-order valence-corrected chi connectivity index (χ4v) is 3.65. The smallest absolute Gasteiger partial charge is 0.119 e. The van der Waals surface area contributed by atoms with Gasteiger partial charge in [-0.1, -0.05) is 18.5 Å². The first-order chi connectivity index (χ1) is 8.24. The molecule has 0 spiro atoms. The van der Waals surface area contributed by atoms with E-state index in [2.05, 4.69) is 6.92 Å². The summed E-state index contributed by atoms with van der Waals surface area (Å²) >= 11 is 5.83. The molecular formula is C15H19ClO. The fourth-order valence-electron chi connectivity index (χ4n) is 3.52. The van der Waals surface area contributed by atoms with Gasteiger partial charge in [0.2, 0.25) is 0 Å². The van der Waals surface area contributed by atoms with E-state index < -0.39 is 0 Å². The van der Waals surface area contributed by atoms with E-state index in [1.165, 1.54) is 19.3 Å². The van der Waals surface area contributed by atoms with Crippen LogP contribution >= 0.6 is 11.6 Å². The highest BCUT2D eigenvalue weighted by molar-refractivity contribution is 6.30. The minimum atomic E-state index is 0.767. The molecule has 2 aliphatic carbocycles. The van der Waals surface area contributed by atoms with Crippen molar-refractivity contribution in [1.82, 2.24) is 0 Å². The third-order valence-corrected chi connectivity index (χ3v) is 4.64. The SMILES string of the molecule is CC1CC2C(CCOc3ccc(Cl)cc3)C2C1. The van der Waals surface area contributed by atoms with Gasteiger partial charge in [0.1, 0.15) is 5.75 Å². The molecule has 2 saturated carbocycles. The molecule has 0 N–H and O–H groups in total. The first kappa shape index (κ1) is 11.4. The molecule has 0 bridgehead atoms. The number of rotatable bonds is 4. The summed E-state index contributed by atoms with van der Waals surface area (Å²) in [6.45, 7) is 3.24. The Morgan fingerprint density at radius 2 is 1.82 bits per heavy atom. The lowest BCUT2D eigenvalue weighted by molar-refractivity contribution is 0.288. The molecule has 3 rings (SSSR count). The normalized spacial score (nSPS) is 34.5. The van der Waals surface area contributed by atoms with Crippen molar-refractivity contribution in [3.05, 3.63) is 29.3 Å². The van der Waals surface area contributed by atoms with Gasteiger partial charge in [-0.2, -0.15) is 0 Å². The van der Waals surface area contributed by atoms with E-state index in [1.54, 1.807) is 0 Å². The Kier molecular flexibility index (Phi) is 3.04. The maximum Gasteiger partial charge on any atom is 0.119 e. The molecule has 2 heteroatoms. The van der Waals surface area contributed by atoms with Crippen LogP contribution in [0.2, 0.25) is 5.02 Å². The second kappa shape index (κ2) is 4.53. The molecule has 2 aliphatic rings. The van der Waals surface area contributed by atoms with E-state index in [0.717, 1.165) is 41.1 Å². The van der Waals surface area contributed by atoms with Gasteiger partial charge in [0, 0.05) is 5.02 Å². The summed E-state index contributed by atoms with van der Waals surface area (Å²) in [5.41, 5.74) is 0. The van der Waals surface area contributed by atoms with E-state index in [1.807, 2.05) is 24.3 Å².